The van der Waals surface area contributed by atoms with Crippen LogP contribution >= 0.6 is 0 Å². The van der Waals surface area contributed by atoms with Gasteiger partial charge in [-0.25, -0.2) is 9.97 Å². The van der Waals surface area contributed by atoms with E-state index in [0.717, 1.165) is 16.5 Å². The quantitative estimate of drug-likeness (QED) is 0.548. The molecule has 3 N–H and O–H groups in total. The normalized spacial score (nSPS) is 17.6. The standard InChI is InChI=1S/C25H30N4O4/c1-15(2)12-21(31)25(33)29-11-10-28(14-22(29)32)24-17-9-8-16(3)13-19(17)26-23(27-24)18-6-4-5-7-20(18)30/h4-9,13,15,21-22,30-32H,10-12,14H2,1-3H3/t21-,22?/m1/s1. The summed E-state index contributed by atoms with van der Waals surface area (Å²) in [4.78, 5) is 25.3. The van der Waals surface area contributed by atoms with Gasteiger partial charge in [-0.1, -0.05) is 32.0 Å². The second kappa shape index (κ2) is 9.33. The minimum atomic E-state index is -1.12. The number of hydrogen-bond acceptors (Lipinski definition) is 7. The van der Waals surface area contributed by atoms with Gasteiger partial charge in [0.05, 0.1) is 17.6 Å². The van der Waals surface area contributed by atoms with Gasteiger partial charge in [-0.2, -0.15) is 0 Å². The third-order valence-electron chi connectivity index (χ3n) is 5.89. The van der Waals surface area contributed by atoms with Crippen LogP contribution in [-0.2, 0) is 4.79 Å². The Morgan fingerprint density at radius 1 is 1.15 bits per heavy atom. The number of rotatable bonds is 5. The zero-order valence-corrected chi connectivity index (χ0v) is 19.1. The maximum absolute atomic E-state index is 12.7. The van der Waals surface area contributed by atoms with E-state index in [4.69, 9.17) is 4.98 Å². The number of phenols is 1. The van der Waals surface area contributed by atoms with Gasteiger partial charge in [-0.05, 0) is 49.1 Å². The van der Waals surface area contributed by atoms with E-state index >= 15 is 0 Å². The summed E-state index contributed by atoms with van der Waals surface area (Å²) in [6.45, 7) is 6.72. The number of β-amino-alcohol motifs (C(OH)–C–C–N with tert-alkyl or cyclic N) is 1. The molecule has 0 spiro atoms. The predicted molar refractivity (Wildman–Crippen MR) is 127 cm³/mol. The number of fused-ring (bicyclic) bond motifs is 1. The number of aromatic hydroxyl groups is 1. The molecule has 2 atom stereocenters. The molecule has 2 aromatic carbocycles. The first-order valence-electron chi connectivity index (χ1n) is 11.2. The SMILES string of the molecule is Cc1ccc2c(N3CCN(C(=O)[C@H](O)CC(C)C)C(O)C3)nc(-c3ccccc3O)nc2c1. The first kappa shape index (κ1) is 22.9. The lowest BCUT2D eigenvalue weighted by Gasteiger charge is -2.40. The van der Waals surface area contributed by atoms with Crippen molar-refractivity contribution >= 4 is 22.6 Å². The fourth-order valence-electron chi connectivity index (χ4n) is 4.20. The summed E-state index contributed by atoms with van der Waals surface area (Å²) in [5.74, 6) is 0.832. The molecule has 1 saturated heterocycles. The van der Waals surface area contributed by atoms with Gasteiger partial charge in [-0.15, -0.1) is 0 Å². The van der Waals surface area contributed by atoms with Crippen LogP contribution in [0.15, 0.2) is 42.5 Å². The van der Waals surface area contributed by atoms with Crippen LogP contribution in [0.5, 0.6) is 5.75 Å². The van der Waals surface area contributed by atoms with Gasteiger partial charge in [-0.3, -0.25) is 4.79 Å². The van der Waals surface area contributed by atoms with Crippen molar-refractivity contribution in [2.24, 2.45) is 5.92 Å². The summed E-state index contributed by atoms with van der Waals surface area (Å²) in [5.41, 5.74) is 2.30. The topological polar surface area (TPSA) is 110 Å². The van der Waals surface area contributed by atoms with Crippen LogP contribution in [0.1, 0.15) is 25.8 Å². The van der Waals surface area contributed by atoms with Gasteiger partial charge >= 0.3 is 0 Å². The Balaban J connectivity index is 1.67. The molecule has 174 valence electrons. The molecule has 33 heavy (non-hydrogen) atoms. The molecule has 0 bridgehead atoms. The molecular weight excluding hydrogens is 420 g/mol. The van der Waals surface area contributed by atoms with Crippen molar-refractivity contribution in [3.8, 4) is 17.1 Å². The van der Waals surface area contributed by atoms with Gasteiger partial charge in [0.25, 0.3) is 5.91 Å². The Labute approximate surface area is 193 Å². The van der Waals surface area contributed by atoms with Crippen molar-refractivity contribution in [1.29, 1.82) is 0 Å². The number of aliphatic hydroxyl groups excluding tert-OH is 2. The number of carbonyl (C=O) groups excluding carboxylic acids is 1. The highest BCUT2D eigenvalue weighted by Crippen LogP contribution is 2.32. The number of carbonyl (C=O) groups is 1. The molecule has 1 fully saturated rings. The first-order chi connectivity index (χ1) is 15.7. The van der Waals surface area contributed by atoms with E-state index in [-0.39, 0.29) is 24.8 Å². The summed E-state index contributed by atoms with van der Waals surface area (Å²) >= 11 is 0. The number of para-hydroxylation sites is 1. The summed E-state index contributed by atoms with van der Waals surface area (Å²) in [6, 6.07) is 12.8. The largest absolute Gasteiger partial charge is 0.507 e. The third kappa shape index (κ3) is 4.77. The molecule has 0 saturated carbocycles. The number of aryl methyl sites for hydroxylation is 1. The van der Waals surface area contributed by atoms with Crippen LogP contribution in [0.3, 0.4) is 0 Å². The maximum Gasteiger partial charge on any atom is 0.253 e. The third-order valence-corrected chi connectivity index (χ3v) is 5.89. The number of nitrogens with zero attached hydrogens (tertiary/aromatic N) is 4. The number of anilines is 1. The highest BCUT2D eigenvalue weighted by atomic mass is 16.3. The van der Waals surface area contributed by atoms with Gasteiger partial charge in [0.2, 0.25) is 0 Å². The van der Waals surface area contributed by atoms with Crippen LogP contribution in [0.2, 0.25) is 0 Å². The van der Waals surface area contributed by atoms with E-state index in [2.05, 4.69) is 4.98 Å². The second-order valence-corrected chi connectivity index (χ2v) is 9.01. The van der Waals surface area contributed by atoms with Crippen molar-refractivity contribution in [2.45, 2.75) is 39.5 Å². The fourth-order valence-corrected chi connectivity index (χ4v) is 4.20. The Morgan fingerprint density at radius 2 is 1.91 bits per heavy atom. The van der Waals surface area contributed by atoms with Crippen LogP contribution in [0, 0.1) is 12.8 Å². The molecule has 1 unspecified atom stereocenters. The zero-order chi connectivity index (χ0) is 23.7. The van der Waals surface area contributed by atoms with E-state index in [0.29, 0.717) is 30.2 Å². The second-order valence-electron chi connectivity index (χ2n) is 9.01. The molecule has 1 aliphatic rings. The van der Waals surface area contributed by atoms with E-state index in [1.807, 2.05) is 49.9 Å². The molecular formula is C25H30N4O4. The van der Waals surface area contributed by atoms with Gasteiger partial charge in [0, 0.05) is 18.5 Å². The molecule has 0 aliphatic carbocycles. The van der Waals surface area contributed by atoms with Crippen molar-refractivity contribution < 1.29 is 20.1 Å². The fraction of sp³-hybridized carbons (Fsp3) is 0.400. The lowest BCUT2D eigenvalue weighted by molar-refractivity contribution is -0.152. The highest BCUT2D eigenvalue weighted by Gasteiger charge is 2.33. The number of amides is 1. The molecule has 8 nitrogen and oxygen atoms in total. The average Bonchev–Trinajstić information content (AvgIpc) is 2.77. The Morgan fingerprint density at radius 3 is 2.61 bits per heavy atom. The Kier molecular flexibility index (Phi) is 6.49. The number of piperazine rings is 1. The molecule has 8 heteroatoms. The summed E-state index contributed by atoms with van der Waals surface area (Å²) in [7, 11) is 0. The molecule has 1 aliphatic heterocycles. The summed E-state index contributed by atoms with van der Waals surface area (Å²) in [5, 5.41) is 32.2. The van der Waals surface area contributed by atoms with Crippen molar-refractivity contribution in [1.82, 2.24) is 14.9 Å². The van der Waals surface area contributed by atoms with Crippen molar-refractivity contribution in [3.63, 3.8) is 0 Å². The van der Waals surface area contributed by atoms with E-state index in [1.165, 1.54) is 4.90 Å². The number of aromatic nitrogens is 2. The van der Waals surface area contributed by atoms with Crippen molar-refractivity contribution in [3.05, 3.63) is 48.0 Å². The maximum atomic E-state index is 12.7. The Bertz CT molecular complexity index is 1170. The Hall–Kier alpha value is -3.23. The minimum absolute atomic E-state index is 0.0880. The monoisotopic (exact) mass is 450 g/mol. The van der Waals surface area contributed by atoms with Gasteiger partial charge < -0.3 is 25.1 Å². The number of aliphatic hydroxyl groups is 2. The predicted octanol–water partition coefficient (Wildman–Crippen LogP) is 2.68. The molecule has 3 aromatic rings. The molecule has 4 rings (SSSR count). The zero-order valence-electron chi connectivity index (χ0n) is 19.1. The lowest BCUT2D eigenvalue weighted by Crippen LogP contribution is -2.57. The first-order valence-corrected chi connectivity index (χ1v) is 11.2. The smallest absolute Gasteiger partial charge is 0.253 e. The van der Waals surface area contributed by atoms with Gasteiger partial charge in [0.15, 0.2) is 5.82 Å². The summed E-state index contributed by atoms with van der Waals surface area (Å²) < 4.78 is 0. The van der Waals surface area contributed by atoms with E-state index in [1.54, 1.807) is 18.2 Å². The van der Waals surface area contributed by atoms with Gasteiger partial charge in [0.1, 0.15) is 23.9 Å². The number of phenolic OH excluding ortho intramolecular Hbond substituents is 1. The lowest BCUT2D eigenvalue weighted by atomic mass is 10.0. The van der Waals surface area contributed by atoms with Crippen LogP contribution in [-0.4, -0.2) is 68.1 Å². The molecule has 2 heterocycles. The van der Waals surface area contributed by atoms with Crippen molar-refractivity contribution in [2.75, 3.05) is 24.5 Å². The van der Waals surface area contributed by atoms with E-state index in [9.17, 15) is 20.1 Å². The number of hydrogen-bond donors (Lipinski definition) is 3. The number of benzene rings is 2. The molecule has 1 amide bonds. The summed E-state index contributed by atoms with van der Waals surface area (Å²) in [6.07, 6.45) is -1.84. The molecule has 1 aromatic heterocycles. The minimum Gasteiger partial charge on any atom is -0.507 e. The van der Waals surface area contributed by atoms with Crippen LogP contribution < -0.4 is 4.90 Å². The average molecular weight is 451 g/mol. The highest BCUT2D eigenvalue weighted by molar-refractivity contribution is 5.92. The van der Waals surface area contributed by atoms with Crippen LogP contribution in [0.25, 0.3) is 22.3 Å². The molecule has 0 radical (unpaired) electrons. The van der Waals surface area contributed by atoms with E-state index < -0.39 is 18.2 Å². The van der Waals surface area contributed by atoms with Crippen LogP contribution in [0.4, 0.5) is 5.82 Å².